The standard InChI is InChI=1S/C6H12INO/c1-6(7)4-8(5-6)2-3-9/h9H,2-5H2,1H3. The fraction of sp³-hybridized carbons (Fsp3) is 1.00. The minimum Gasteiger partial charge on any atom is -0.395 e. The average molecular weight is 241 g/mol. The number of rotatable bonds is 2. The molecule has 9 heavy (non-hydrogen) atoms. The number of alkyl halides is 1. The zero-order chi connectivity index (χ0) is 6.91. The van der Waals surface area contributed by atoms with Crippen molar-refractivity contribution < 1.29 is 5.11 Å². The summed E-state index contributed by atoms with van der Waals surface area (Å²) in [6.07, 6.45) is 0. The molecule has 0 unspecified atom stereocenters. The van der Waals surface area contributed by atoms with Crippen LogP contribution in [-0.2, 0) is 0 Å². The highest BCUT2D eigenvalue weighted by atomic mass is 127. The van der Waals surface area contributed by atoms with E-state index in [4.69, 9.17) is 5.11 Å². The van der Waals surface area contributed by atoms with Crippen LogP contribution in [0, 0.1) is 0 Å². The molecule has 0 bridgehead atoms. The Labute approximate surface area is 69.4 Å². The van der Waals surface area contributed by atoms with Gasteiger partial charge in [0.1, 0.15) is 0 Å². The summed E-state index contributed by atoms with van der Waals surface area (Å²) in [6.45, 7) is 5.65. The van der Waals surface area contributed by atoms with E-state index in [0.717, 1.165) is 19.6 Å². The molecule has 1 fully saturated rings. The van der Waals surface area contributed by atoms with E-state index in [1.165, 1.54) is 0 Å². The third-order valence-electron chi connectivity index (χ3n) is 1.52. The van der Waals surface area contributed by atoms with E-state index in [1.807, 2.05) is 0 Å². The van der Waals surface area contributed by atoms with E-state index in [0.29, 0.717) is 10.0 Å². The highest BCUT2D eigenvalue weighted by Crippen LogP contribution is 2.29. The van der Waals surface area contributed by atoms with Crippen LogP contribution >= 0.6 is 22.6 Å². The van der Waals surface area contributed by atoms with Gasteiger partial charge in [-0.1, -0.05) is 22.6 Å². The first-order valence-corrected chi connectivity index (χ1v) is 4.24. The van der Waals surface area contributed by atoms with Crippen molar-refractivity contribution in [3.8, 4) is 0 Å². The Kier molecular flexibility index (Phi) is 2.34. The van der Waals surface area contributed by atoms with Crippen molar-refractivity contribution in [1.29, 1.82) is 0 Å². The summed E-state index contributed by atoms with van der Waals surface area (Å²) in [5.41, 5.74) is 0. The van der Waals surface area contributed by atoms with Crippen molar-refractivity contribution >= 4 is 22.6 Å². The molecule has 0 aromatic carbocycles. The largest absolute Gasteiger partial charge is 0.395 e. The first-order valence-electron chi connectivity index (χ1n) is 3.16. The zero-order valence-corrected chi connectivity index (χ0v) is 7.76. The van der Waals surface area contributed by atoms with Gasteiger partial charge in [0, 0.05) is 23.1 Å². The van der Waals surface area contributed by atoms with Crippen molar-refractivity contribution in [3.05, 3.63) is 0 Å². The molecule has 2 nitrogen and oxygen atoms in total. The van der Waals surface area contributed by atoms with Gasteiger partial charge in [-0.25, -0.2) is 0 Å². The number of aliphatic hydroxyl groups is 1. The number of hydrogen-bond donors (Lipinski definition) is 1. The lowest BCUT2D eigenvalue weighted by Gasteiger charge is -2.43. The van der Waals surface area contributed by atoms with Crippen molar-refractivity contribution in [1.82, 2.24) is 4.90 Å². The third kappa shape index (κ3) is 2.05. The number of halogens is 1. The molecule has 0 aromatic rings. The lowest BCUT2D eigenvalue weighted by atomic mass is 10.0. The molecule has 1 N–H and O–H groups in total. The Morgan fingerprint density at radius 3 is 2.56 bits per heavy atom. The van der Waals surface area contributed by atoms with E-state index in [9.17, 15) is 0 Å². The Morgan fingerprint density at radius 2 is 2.22 bits per heavy atom. The summed E-state index contributed by atoms with van der Waals surface area (Å²) in [4.78, 5) is 2.26. The van der Waals surface area contributed by atoms with E-state index >= 15 is 0 Å². The zero-order valence-electron chi connectivity index (χ0n) is 5.60. The number of likely N-dealkylation sites (tertiary alicyclic amines) is 1. The van der Waals surface area contributed by atoms with Crippen molar-refractivity contribution in [2.24, 2.45) is 0 Å². The molecule has 0 radical (unpaired) electrons. The minimum absolute atomic E-state index is 0.298. The Bertz CT molecular complexity index is 97.2. The van der Waals surface area contributed by atoms with E-state index < -0.39 is 0 Å². The predicted octanol–water partition coefficient (Wildman–Crippen LogP) is 0.488. The van der Waals surface area contributed by atoms with Gasteiger partial charge in [0.05, 0.1) is 6.61 Å². The van der Waals surface area contributed by atoms with E-state index in [1.54, 1.807) is 0 Å². The van der Waals surface area contributed by atoms with Gasteiger partial charge in [-0.2, -0.15) is 0 Å². The van der Waals surface area contributed by atoms with Crippen LogP contribution in [0.1, 0.15) is 6.92 Å². The molecule has 0 saturated carbocycles. The van der Waals surface area contributed by atoms with Crippen molar-refractivity contribution in [2.45, 2.75) is 10.3 Å². The predicted molar refractivity (Wildman–Crippen MR) is 46.0 cm³/mol. The molecule has 1 aliphatic rings. The molecule has 0 atom stereocenters. The number of hydrogen-bond acceptors (Lipinski definition) is 2. The fourth-order valence-corrected chi connectivity index (χ4v) is 2.15. The first kappa shape index (κ1) is 7.75. The highest BCUT2D eigenvalue weighted by Gasteiger charge is 2.34. The van der Waals surface area contributed by atoms with Crippen molar-refractivity contribution in [3.63, 3.8) is 0 Å². The maximum Gasteiger partial charge on any atom is 0.0558 e. The summed E-state index contributed by atoms with van der Waals surface area (Å²) in [5.74, 6) is 0. The fourth-order valence-electron chi connectivity index (χ4n) is 1.19. The average Bonchev–Trinajstić information content (AvgIpc) is 1.62. The molecule has 1 aliphatic heterocycles. The maximum atomic E-state index is 8.53. The molecule has 54 valence electrons. The lowest BCUT2D eigenvalue weighted by Crippen LogP contribution is -2.56. The van der Waals surface area contributed by atoms with Crippen LogP contribution in [0.15, 0.2) is 0 Å². The van der Waals surface area contributed by atoms with Gasteiger partial charge in [-0.15, -0.1) is 0 Å². The van der Waals surface area contributed by atoms with Crippen LogP contribution in [0.3, 0.4) is 0 Å². The van der Waals surface area contributed by atoms with Crippen LogP contribution in [-0.4, -0.2) is 39.7 Å². The van der Waals surface area contributed by atoms with Gasteiger partial charge in [-0.3, -0.25) is 4.90 Å². The summed E-state index contributed by atoms with van der Waals surface area (Å²) in [7, 11) is 0. The molecule has 1 saturated heterocycles. The van der Waals surface area contributed by atoms with E-state index in [-0.39, 0.29) is 0 Å². The van der Waals surface area contributed by atoms with Gasteiger partial charge in [0.2, 0.25) is 0 Å². The summed E-state index contributed by atoms with van der Waals surface area (Å²) >= 11 is 2.46. The number of β-amino-alcohol motifs (C(OH)–C–C–N with tert-alkyl or cyclic N) is 1. The summed E-state index contributed by atoms with van der Waals surface area (Å²) < 4.78 is 0.479. The molecule has 1 rings (SSSR count). The lowest BCUT2D eigenvalue weighted by molar-refractivity contribution is 0.115. The molecule has 1 heterocycles. The molecule has 0 aliphatic carbocycles. The SMILES string of the molecule is CC1(I)CN(CCO)C1. The normalized spacial score (nSPS) is 25.7. The third-order valence-corrected chi connectivity index (χ3v) is 2.21. The Hall–Kier alpha value is 0.650. The smallest absolute Gasteiger partial charge is 0.0558 e. The first-order chi connectivity index (χ1) is 4.14. The Balaban J connectivity index is 2.12. The molecule has 0 amide bonds. The molecule has 0 spiro atoms. The molecule has 0 aromatic heterocycles. The van der Waals surface area contributed by atoms with E-state index in [2.05, 4.69) is 34.4 Å². The van der Waals surface area contributed by atoms with Crippen molar-refractivity contribution in [2.75, 3.05) is 26.2 Å². The van der Waals surface area contributed by atoms with Gasteiger partial charge in [0.15, 0.2) is 0 Å². The molecular weight excluding hydrogens is 229 g/mol. The van der Waals surface area contributed by atoms with Gasteiger partial charge in [-0.05, 0) is 6.92 Å². The number of aliphatic hydroxyl groups excluding tert-OH is 1. The van der Waals surface area contributed by atoms with Gasteiger partial charge < -0.3 is 5.11 Å². The van der Waals surface area contributed by atoms with Crippen LogP contribution in [0.4, 0.5) is 0 Å². The van der Waals surface area contributed by atoms with Gasteiger partial charge >= 0.3 is 0 Å². The van der Waals surface area contributed by atoms with Crippen LogP contribution < -0.4 is 0 Å². The second-order valence-corrected chi connectivity index (χ2v) is 5.45. The Morgan fingerprint density at radius 1 is 1.67 bits per heavy atom. The minimum atomic E-state index is 0.298. The van der Waals surface area contributed by atoms with Crippen LogP contribution in [0.25, 0.3) is 0 Å². The molecular formula is C6H12INO. The molecule has 3 heteroatoms. The second kappa shape index (κ2) is 2.72. The topological polar surface area (TPSA) is 23.5 Å². The quantitative estimate of drug-likeness (QED) is 0.561. The highest BCUT2D eigenvalue weighted by molar-refractivity contribution is 14.1. The van der Waals surface area contributed by atoms with Crippen LogP contribution in [0.5, 0.6) is 0 Å². The summed E-state index contributed by atoms with van der Waals surface area (Å²) in [6, 6.07) is 0. The van der Waals surface area contributed by atoms with Crippen LogP contribution in [0.2, 0.25) is 0 Å². The monoisotopic (exact) mass is 241 g/mol. The number of nitrogens with zero attached hydrogens (tertiary/aromatic N) is 1. The maximum absolute atomic E-state index is 8.53. The summed E-state index contributed by atoms with van der Waals surface area (Å²) in [5, 5.41) is 8.53. The second-order valence-electron chi connectivity index (χ2n) is 2.85. The van der Waals surface area contributed by atoms with Gasteiger partial charge in [0.25, 0.3) is 0 Å².